The summed E-state index contributed by atoms with van der Waals surface area (Å²) in [5.41, 5.74) is -0.695. The van der Waals surface area contributed by atoms with Crippen molar-refractivity contribution >= 4 is 17.3 Å². The molecule has 0 aliphatic carbocycles. The molecule has 0 spiro atoms. The summed E-state index contributed by atoms with van der Waals surface area (Å²) in [6, 6.07) is 6.21. The summed E-state index contributed by atoms with van der Waals surface area (Å²) in [6.45, 7) is 0. The lowest BCUT2D eigenvalue weighted by Gasteiger charge is -2.11. The van der Waals surface area contributed by atoms with Gasteiger partial charge in [0.2, 0.25) is 0 Å². The average Bonchev–Trinajstić information content (AvgIpc) is 2.49. The Morgan fingerprint density at radius 1 is 1.00 bits per heavy atom. The van der Waals surface area contributed by atoms with Crippen LogP contribution >= 0.6 is 0 Å². The van der Waals surface area contributed by atoms with Gasteiger partial charge in [0.1, 0.15) is 5.69 Å². The molecule has 0 aromatic heterocycles. The van der Waals surface area contributed by atoms with Crippen molar-refractivity contribution in [1.29, 1.82) is 0 Å². The number of para-hydroxylation sites is 1. The summed E-state index contributed by atoms with van der Waals surface area (Å²) < 4.78 is 53.1. The molecule has 2 rings (SSSR count). The number of amides is 1. The van der Waals surface area contributed by atoms with E-state index in [-0.39, 0.29) is 11.6 Å². The zero-order valence-corrected chi connectivity index (χ0v) is 10.8. The molecule has 0 radical (unpaired) electrons. The Hall–Kier alpha value is -2.57. The molecular formula is C14H10F4N2O. The first-order valence-electron chi connectivity index (χ1n) is 5.86. The van der Waals surface area contributed by atoms with E-state index < -0.39 is 34.9 Å². The highest BCUT2D eigenvalue weighted by atomic mass is 19.2. The van der Waals surface area contributed by atoms with Crippen LogP contribution < -0.4 is 10.6 Å². The van der Waals surface area contributed by atoms with Crippen molar-refractivity contribution in [2.24, 2.45) is 0 Å². The Balaban J connectivity index is 2.41. The maximum Gasteiger partial charge on any atom is 0.257 e. The van der Waals surface area contributed by atoms with Crippen molar-refractivity contribution in [2.75, 3.05) is 17.7 Å². The lowest BCUT2D eigenvalue weighted by atomic mass is 10.1. The fourth-order valence-electron chi connectivity index (χ4n) is 1.76. The second-order valence-electron chi connectivity index (χ2n) is 4.09. The van der Waals surface area contributed by atoms with Gasteiger partial charge >= 0.3 is 0 Å². The minimum atomic E-state index is -1.66. The van der Waals surface area contributed by atoms with Gasteiger partial charge in [0.25, 0.3) is 5.91 Å². The molecular weight excluding hydrogens is 288 g/mol. The SMILES string of the molecule is CNc1ccccc1C(=O)Nc1c(F)c(F)cc(F)c1F. The van der Waals surface area contributed by atoms with Gasteiger partial charge in [0.05, 0.1) is 5.56 Å². The molecule has 3 nitrogen and oxygen atoms in total. The molecule has 0 saturated heterocycles. The van der Waals surface area contributed by atoms with Crippen LogP contribution in [0.4, 0.5) is 28.9 Å². The Kier molecular flexibility index (Phi) is 4.11. The zero-order chi connectivity index (χ0) is 15.6. The standard InChI is InChI=1S/C14H10F4N2O/c1-19-10-5-3-2-4-7(10)14(21)20-13-11(17)8(15)6-9(16)12(13)18/h2-6,19H,1H3,(H,20,21). The number of halogens is 4. The summed E-state index contributed by atoms with van der Waals surface area (Å²) in [5, 5.41) is 4.56. The summed E-state index contributed by atoms with van der Waals surface area (Å²) >= 11 is 0. The maximum absolute atomic E-state index is 13.5. The first-order valence-corrected chi connectivity index (χ1v) is 5.86. The van der Waals surface area contributed by atoms with E-state index in [2.05, 4.69) is 5.32 Å². The Labute approximate surface area is 117 Å². The molecule has 1 amide bonds. The van der Waals surface area contributed by atoms with Gasteiger partial charge in [-0.25, -0.2) is 17.6 Å². The van der Waals surface area contributed by atoms with Gasteiger partial charge in [-0.3, -0.25) is 4.79 Å². The molecule has 2 aromatic rings. The normalized spacial score (nSPS) is 10.3. The van der Waals surface area contributed by atoms with Crippen molar-refractivity contribution in [1.82, 2.24) is 0 Å². The predicted octanol–water partition coefficient (Wildman–Crippen LogP) is 3.54. The van der Waals surface area contributed by atoms with Gasteiger partial charge in [-0.05, 0) is 12.1 Å². The van der Waals surface area contributed by atoms with Crippen molar-refractivity contribution in [3.05, 3.63) is 59.2 Å². The van der Waals surface area contributed by atoms with E-state index in [1.807, 2.05) is 5.32 Å². The Morgan fingerprint density at radius 2 is 1.57 bits per heavy atom. The van der Waals surface area contributed by atoms with Crippen LogP contribution in [0.1, 0.15) is 10.4 Å². The number of hydrogen-bond donors (Lipinski definition) is 2. The fourth-order valence-corrected chi connectivity index (χ4v) is 1.76. The van der Waals surface area contributed by atoms with Gasteiger partial charge < -0.3 is 10.6 Å². The van der Waals surface area contributed by atoms with E-state index in [1.165, 1.54) is 12.1 Å². The highest BCUT2D eigenvalue weighted by Crippen LogP contribution is 2.25. The molecule has 0 aliphatic heterocycles. The second-order valence-corrected chi connectivity index (χ2v) is 4.09. The van der Waals surface area contributed by atoms with E-state index in [9.17, 15) is 22.4 Å². The van der Waals surface area contributed by atoms with Crippen molar-refractivity contribution in [2.45, 2.75) is 0 Å². The molecule has 0 heterocycles. The van der Waals surface area contributed by atoms with E-state index in [0.717, 1.165) is 0 Å². The fraction of sp³-hybridized carbons (Fsp3) is 0.0714. The first kappa shape index (κ1) is 14.8. The molecule has 0 bridgehead atoms. The van der Waals surface area contributed by atoms with Gasteiger partial charge in [0, 0.05) is 18.8 Å². The minimum Gasteiger partial charge on any atom is -0.387 e. The van der Waals surface area contributed by atoms with Crippen LogP contribution in [-0.2, 0) is 0 Å². The molecule has 0 fully saturated rings. The molecule has 21 heavy (non-hydrogen) atoms. The number of hydrogen-bond acceptors (Lipinski definition) is 2. The molecule has 2 N–H and O–H groups in total. The molecule has 110 valence electrons. The third-order valence-corrected chi connectivity index (χ3v) is 2.79. The van der Waals surface area contributed by atoms with Gasteiger partial charge in [0.15, 0.2) is 23.3 Å². The van der Waals surface area contributed by atoms with E-state index in [1.54, 1.807) is 19.2 Å². The van der Waals surface area contributed by atoms with Gasteiger partial charge in [-0.2, -0.15) is 0 Å². The molecule has 0 atom stereocenters. The van der Waals surface area contributed by atoms with E-state index in [4.69, 9.17) is 0 Å². The summed E-state index contributed by atoms with van der Waals surface area (Å²) in [4.78, 5) is 12.0. The zero-order valence-electron chi connectivity index (χ0n) is 10.8. The van der Waals surface area contributed by atoms with Crippen molar-refractivity contribution in [3.63, 3.8) is 0 Å². The summed E-state index contributed by atoms with van der Waals surface area (Å²) in [6.07, 6.45) is 0. The summed E-state index contributed by atoms with van der Waals surface area (Å²) in [5.74, 6) is -7.41. The number of anilines is 2. The van der Waals surface area contributed by atoms with E-state index >= 15 is 0 Å². The molecule has 0 aliphatic rings. The molecule has 0 unspecified atom stereocenters. The number of nitrogens with one attached hydrogen (secondary N) is 2. The highest BCUT2D eigenvalue weighted by Gasteiger charge is 2.22. The summed E-state index contributed by atoms with van der Waals surface area (Å²) in [7, 11) is 1.55. The van der Waals surface area contributed by atoms with Crippen LogP contribution in [0, 0.1) is 23.3 Å². The van der Waals surface area contributed by atoms with Crippen LogP contribution in [0.25, 0.3) is 0 Å². The Morgan fingerprint density at radius 3 is 2.14 bits per heavy atom. The largest absolute Gasteiger partial charge is 0.387 e. The van der Waals surface area contributed by atoms with E-state index in [0.29, 0.717) is 5.69 Å². The van der Waals surface area contributed by atoms with Crippen LogP contribution in [0.15, 0.2) is 30.3 Å². The third kappa shape index (κ3) is 2.81. The van der Waals surface area contributed by atoms with Crippen molar-refractivity contribution < 1.29 is 22.4 Å². The lowest BCUT2D eigenvalue weighted by Crippen LogP contribution is -2.17. The smallest absolute Gasteiger partial charge is 0.257 e. The van der Waals surface area contributed by atoms with Crippen molar-refractivity contribution in [3.8, 4) is 0 Å². The quantitative estimate of drug-likeness (QED) is 0.672. The number of rotatable bonds is 3. The van der Waals surface area contributed by atoms with Gasteiger partial charge in [-0.15, -0.1) is 0 Å². The number of carbonyl (C=O) groups excluding carboxylic acids is 1. The molecule has 0 saturated carbocycles. The van der Waals surface area contributed by atoms with Crippen LogP contribution in [0.5, 0.6) is 0 Å². The van der Waals surface area contributed by atoms with Crippen LogP contribution in [-0.4, -0.2) is 13.0 Å². The second kappa shape index (κ2) is 5.82. The lowest BCUT2D eigenvalue weighted by molar-refractivity contribution is 0.102. The number of carbonyl (C=O) groups is 1. The maximum atomic E-state index is 13.5. The predicted molar refractivity (Wildman–Crippen MR) is 70.2 cm³/mol. The Bertz CT molecular complexity index is 677. The van der Waals surface area contributed by atoms with Crippen LogP contribution in [0.3, 0.4) is 0 Å². The van der Waals surface area contributed by atoms with Crippen LogP contribution in [0.2, 0.25) is 0 Å². The topological polar surface area (TPSA) is 41.1 Å². The molecule has 2 aromatic carbocycles. The van der Waals surface area contributed by atoms with Gasteiger partial charge in [-0.1, -0.05) is 12.1 Å². The third-order valence-electron chi connectivity index (χ3n) is 2.79. The number of benzene rings is 2. The molecule has 7 heteroatoms. The average molecular weight is 298 g/mol. The minimum absolute atomic E-state index is 0.0713. The monoisotopic (exact) mass is 298 g/mol. The highest BCUT2D eigenvalue weighted by molar-refractivity contribution is 6.08. The first-order chi connectivity index (χ1) is 9.95.